The van der Waals surface area contributed by atoms with Crippen LogP contribution in [0.2, 0.25) is 0 Å². The minimum Gasteiger partial charge on any atom is -0.465 e. The van der Waals surface area contributed by atoms with Crippen molar-refractivity contribution in [3.05, 3.63) is 48.0 Å². The highest BCUT2D eigenvalue weighted by atomic mass is 16.7. The van der Waals surface area contributed by atoms with E-state index in [1.54, 1.807) is 49.4 Å². The van der Waals surface area contributed by atoms with Gasteiger partial charge < -0.3 is 24.8 Å². The Morgan fingerprint density at radius 2 is 1.72 bits per heavy atom. The van der Waals surface area contributed by atoms with Crippen molar-refractivity contribution in [2.75, 3.05) is 24.5 Å². The number of ether oxygens (including phenoxy) is 3. The third kappa shape index (κ3) is 3.82. The molecule has 0 spiro atoms. The van der Waals surface area contributed by atoms with Crippen LogP contribution in [0.3, 0.4) is 0 Å². The summed E-state index contributed by atoms with van der Waals surface area (Å²) >= 11 is 0. The summed E-state index contributed by atoms with van der Waals surface area (Å²) in [6.45, 7) is 1.93. The number of methoxy groups -OCH3 is 1. The van der Waals surface area contributed by atoms with Crippen LogP contribution in [0, 0.1) is 0 Å². The zero-order valence-corrected chi connectivity index (χ0v) is 13.9. The second kappa shape index (κ2) is 7.12. The summed E-state index contributed by atoms with van der Waals surface area (Å²) in [6, 6.07) is 11.5. The lowest BCUT2D eigenvalue weighted by molar-refractivity contribution is -0.116. The second-order valence-electron chi connectivity index (χ2n) is 5.49. The Bertz CT molecular complexity index is 789. The van der Waals surface area contributed by atoms with Crippen molar-refractivity contribution in [3.8, 4) is 11.5 Å². The van der Waals surface area contributed by atoms with Gasteiger partial charge in [0.15, 0.2) is 11.5 Å². The molecule has 3 rings (SSSR count). The van der Waals surface area contributed by atoms with Crippen molar-refractivity contribution < 1.29 is 23.8 Å². The standard InChI is InChI=1S/C18H18N2O5/c1-11(19-13-5-3-12(4-6-13)18(22)23-2)17(21)20-14-7-8-15-16(9-14)25-10-24-15/h3-9,11,19H,10H2,1-2H3,(H,20,21)/t11-/m0/s1. The van der Waals surface area contributed by atoms with Gasteiger partial charge in [-0.3, -0.25) is 4.79 Å². The van der Waals surface area contributed by atoms with E-state index in [9.17, 15) is 9.59 Å². The highest BCUT2D eigenvalue weighted by Gasteiger charge is 2.17. The van der Waals surface area contributed by atoms with E-state index in [4.69, 9.17) is 9.47 Å². The smallest absolute Gasteiger partial charge is 0.337 e. The van der Waals surface area contributed by atoms with Crippen molar-refractivity contribution in [2.45, 2.75) is 13.0 Å². The number of anilines is 2. The monoisotopic (exact) mass is 342 g/mol. The number of carbonyl (C=O) groups excluding carboxylic acids is 2. The highest BCUT2D eigenvalue weighted by Crippen LogP contribution is 2.34. The number of amides is 1. The van der Waals surface area contributed by atoms with E-state index < -0.39 is 12.0 Å². The molecule has 0 bridgehead atoms. The number of fused-ring (bicyclic) bond motifs is 1. The largest absolute Gasteiger partial charge is 0.465 e. The lowest BCUT2D eigenvalue weighted by Gasteiger charge is -2.15. The van der Waals surface area contributed by atoms with E-state index in [1.165, 1.54) is 7.11 Å². The maximum absolute atomic E-state index is 12.3. The quantitative estimate of drug-likeness (QED) is 0.813. The van der Waals surface area contributed by atoms with E-state index in [0.717, 1.165) is 5.69 Å². The van der Waals surface area contributed by atoms with Crippen LogP contribution in [0.5, 0.6) is 11.5 Å². The molecule has 130 valence electrons. The molecule has 7 heteroatoms. The molecule has 1 atom stereocenters. The molecular formula is C18H18N2O5. The van der Waals surface area contributed by atoms with Gasteiger partial charge >= 0.3 is 5.97 Å². The third-order valence-electron chi connectivity index (χ3n) is 3.72. The number of hydrogen-bond donors (Lipinski definition) is 2. The Hall–Kier alpha value is -3.22. The van der Waals surface area contributed by atoms with E-state index >= 15 is 0 Å². The van der Waals surface area contributed by atoms with Gasteiger partial charge in [-0.25, -0.2) is 4.79 Å². The number of nitrogens with one attached hydrogen (secondary N) is 2. The molecule has 0 fully saturated rings. The predicted octanol–water partition coefficient (Wildman–Crippen LogP) is 2.64. The van der Waals surface area contributed by atoms with Crippen LogP contribution in [0.4, 0.5) is 11.4 Å². The van der Waals surface area contributed by atoms with Gasteiger partial charge in [-0.1, -0.05) is 0 Å². The predicted molar refractivity (Wildman–Crippen MR) is 92.1 cm³/mol. The summed E-state index contributed by atoms with van der Waals surface area (Å²) < 4.78 is 15.2. The minimum atomic E-state index is -0.477. The van der Waals surface area contributed by atoms with Gasteiger partial charge in [0.1, 0.15) is 6.04 Å². The Morgan fingerprint density at radius 1 is 1.04 bits per heavy atom. The molecule has 2 aromatic carbocycles. The first-order chi connectivity index (χ1) is 12.1. The van der Waals surface area contributed by atoms with Crippen LogP contribution in [0.25, 0.3) is 0 Å². The van der Waals surface area contributed by atoms with E-state index in [-0.39, 0.29) is 12.7 Å². The first-order valence-corrected chi connectivity index (χ1v) is 7.72. The second-order valence-corrected chi connectivity index (χ2v) is 5.49. The SMILES string of the molecule is COC(=O)c1ccc(N[C@@H](C)C(=O)Nc2ccc3c(c2)OCO3)cc1. The molecule has 0 radical (unpaired) electrons. The van der Waals surface area contributed by atoms with Crippen LogP contribution < -0.4 is 20.1 Å². The van der Waals surface area contributed by atoms with Crippen molar-refractivity contribution >= 4 is 23.3 Å². The van der Waals surface area contributed by atoms with E-state index in [0.29, 0.717) is 22.7 Å². The van der Waals surface area contributed by atoms with Gasteiger partial charge in [0.25, 0.3) is 0 Å². The Kier molecular flexibility index (Phi) is 4.74. The molecule has 2 aromatic rings. The first-order valence-electron chi connectivity index (χ1n) is 7.72. The van der Waals surface area contributed by atoms with Crippen LogP contribution in [0.15, 0.2) is 42.5 Å². The Labute approximate surface area is 144 Å². The molecule has 0 saturated carbocycles. The van der Waals surface area contributed by atoms with Gasteiger partial charge in [-0.05, 0) is 43.3 Å². The number of carbonyl (C=O) groups is 2. The van der Waals surface area contributed by atoms with Gasteiger partial charge in [0.2, 0.25) is 12.7 Å². The van der Waals surface area contributed by atoms with Crippen molar-refractivity contribution in [1.29, 1.82) is 0 Å². The number of hydrogen-bond acceptors (Lipinski definition) is 6. The molecular weight excluding hydrogens is 324 g/mol. The molecule has 25 heavy (non-hydrogen) atoms. The lowest BCUT2D eigenvalue weighted by Crippen LogP contribution is -2.31. The van der Waals surface area contributed by atoms with Crippen molar-refractivity contribution in [3.63, 3.8) is 0 Å². The third-order valence-corrected chi connectivity index (χ3v) is 3.72. The fraction of sp³-hybridized carbons (Fsp3) is 0.222. The maximum atomic E-state index is 12.3. The average molecular weight is 342 g/mol. The topological polar surface area (TPSA) is 85.9 Å². The van der Waals surface area contributed by atoms with E-state index in [2.05, 4.69) is 15.4 Å². The van der Waals surface area contributed by atoms with Gasteiger partial charge in [0.05, 0.1) is 12.7 Å². The van der Waals surface area contributed by atoms with Crippen LogP contribution >= 0.6 is 0 Å². The fourth-order valence-corrected chi connectivity index (χ4v) is 2.36. The Morgan fingerprint density at radius 3 is 2.44 bits per heavy atom. The van der Waals surface area contributed by atoms with Crippen molar-refractivity contribution in [1.82, 2.24) is 0 Å². The summed E-state index contributed by atoms with van der Waals surface area (Å²) in [5.41, 5.74) is 1.80. The molecule has 0 saturated heterocycles. The maximum Gasteiger partial charge on any atom is 0.337 e. The summed E-state index contributed by atoms with van der Waals surface area (Å²) in [4.78, 5) is 23.7. The molecule has 0 aliphatic carbocycles. The summed E-state index contributed by atoms with van der Waals surface area (Å²) in [5.74, 6) is 0.669. The lowest BCUT2D eigenvalue weighted by atomic mass is 10.2. The molecule has 1 aliphatic heterocycles. The van der Waals surface area contributed by atoms with Crippen LogP contribution in [0.1, 0.15) is 17.3 Å². The zero-order chi connectivity index (χ0) is 17.8. The summed E-state index contributed by atoms with van der Waals surface area (Å²) in [7, 11) is 1.33. The molecule has 1 amide bonds. The molecule has 1 aliphatic rings. The minimum absolute atomic E-state index is 0.187. The fourth-order valence-electron chi connectivity index (χ4n) is 2.36. The van der Waals surface area contributed by atoms with Crippen LogP contribution in [-0.2, 0) is 9.53 Å². The summed E-state index contributed by atoms with van der Waals surface area (Å²) in [5, 5.41) is 5.90. The van der Waals surface area contributed by atoms with Gasteiger partial charge in [0, 0.05) is 17.4 Å². The van der Waals surface area contributed by atoms with Crippen molar-refractivity contribution in [2.24, 2.45) is 0 Å². The van der Waals surface area contributed by atoms with Gasteiger partial charge in [-0.15, -0.1) is 0 Å². The number of benzene rings is 2. The normalized spacial score (nSPS) is 13.0. The molecule has 7 nitrogen and oxygen atoms in total. The molecule has 0 aromatic heterocycles. The highest BCUT2D eigenvalue weighted by molar-refractivity contribution is 5.96. The van der Waals surface area contributed by atoms with Crippen LogP contribution in [-0.4, -0.2) is 31.8 Å². The Balaban J connectivity index is 1.60. The number of esters is 1. The van der Waals surface area contributed by atoms with E-state index in [1.807, 2.05) is 0 Å². The molecule has 0 unspecified atom stereocenters. The molecule has 2 N–H and O–H groups in total. The average Bonchev–Trinajstić information content (AvgIpc) is 3.09. The van der Waals surface area contributed by atoms with Gasteiger partial charge in [-0.2, -0.15) is 0 Å². The molecule has 1 heterocycles. The zero-order valence-electron chi connectivity index (χ0n) is 13.9. The first kappa shape index (κ1) is 16.6. The summed E-state index contributed by atoms with van der Waals surface area (Å²) in [6.07, 6.45) is 0. The number of rotatable bonds is 5.